The molecular formula is C24H21F3N2O2. The number of amides is 2. The number of benzene rings is 3. The Morgan fingerprint density at radius 3 is 2.23 bits per heavy atom. The number of hydrogen-bond donors (Lipinski definition) is 2. The molecular weight excluding hydrogens is 405 g/mol. The fourth-order valence-electron chi connectivity index (χ4n) is 3.09. The molecule has 0 spiro atoms. The molecule has 0 aliphatic carbocycles. The number of rotatable bonds is 7. The van der Waals surface area contributed by atoms with Gasteiger partial charge in [-0.1, -0.05) is 60.7 Å². The molecule has 0 heterocycles. The number of hydrogen-bond acceptors (Lipinski definition) is 2. The molecule has 0 saturated heterocycles. The van der Waals surface area contributed by atoms with Crippen LogP contribution in [0.15, 0.2) is 78.9 Å². The van der Waals surface area contributed by atoms with Crippen LogP contribution in [0.5, 0.6) is 0 Å². The van der Waals surface area contributed by atoms with Crippen LogP contribution in [-0.2, 0) is 23.8 Å². The van der Waals surface area contributed by atoms with Gasteiger partial charge in [0, 0.05) is 6.54 Å². The van der Waals surface area contributed by atoms with Gasteiger partial charge in [-0.2, -0.15) is 13.2 Å². The summed E-state index contributed by atoms with van der Waals surface area (Å²) in [5.41, 5.74) is 1.10. The highest BCUT2D eigenvalue weighted by Gasteiger charge is 2.30. The molecule has 2 amide bonds. The third-order valence-corrected chi connectivity index (χ3v) is 4.61. The Morgan fingerprint density at radius 2 is 1.48 bits per heavy atom. The Morgan fingerprint density at radius 1 is 0.806 bits per heavy atom. The van der Waals surface area contributed by atoms with Crippen LogP contribution in [0.4, 0.5) is 18.9 Å². The van der Waals surface area contributed by atoms with Gasteiger partial charge in [0.05, 0.1) is 23.2 Å². The smallest absolute Gasteiger partial charge is 0.352 e. The SMILES string of the molecule is O=C(Cc1cccc(C(F)(F)F)c1)Nc1ccccc1C(=O)NCCc1ccccc1. The van der Waals surface area contributed by atoms with Crippen LogP contribution < -0.4 is 10.6 Å². The fraction of sp³-hybridized carbons (Fsp3) is 0.167. The Balaban J connectivity index is 1.62. The van der Waals surface area contributed by atoms with Crippen molar-refractivity contribution >= 4 is 17.5 Å². The number of alkyl halides is 3. The Bertz CT molecular complexity index is 1050. The largest absolute Gasteiger partial charge is 0.416 e. The molecule has 0 aliphatic heterocycles. The predicted octanol–water partition coefficient (Wildman–Crippen LogP) is 4.86. The molecule has 2 N–H and O–H groups in total. The van der Waals surface area contributed by atoms with Crippen LogP contribution >= 0.6 is 0 Å². The first-order valence-corrected chi connectivity index (χ1v) is 9.70. The van der Waals surface area contributed by atoms with Gasteiger partial charge in [-0.3, -0.25) is 9.59 Å². The first kappa shape index (κ1) is 22.1. The van der Waals surface area contributed by atoms with E-state index in [0.29, 0.717) is 18.7 Å². The molecule has 0 unspecified atom stereocenters. The van der Waals surface area contributed by atoms with Crippen molar-refractivity contribution < 1.29 is 22.8 Å². The van der Waals surface area contributed by atoms with Crippen molar-refractivity contribution in [2.24, 2.45) is 0 Å². The zero-order valence-corrected chi connectivity index (χ0v) is 16.6. The predicted molar refractivity (Wildman–Crippen MR) is 113 cm³/mol. The zero-order valence-electron chi connectivity index (χ0n) is 16.6. The highest BCUT2D eigenvalue weighted by atomic mass is 19.4. The summed E-state index contributed by atoms with van der Waals surface area (Å²) in [5.74, 6) is -0.852. The van der Waals surface area contributed by atoms with Gasteiger partial charge in [0.2, 0.25) is 5.91 Å². The van der Waals surface area contributed by atoms with Gasteiger partial charge in [0.15, 0.2) is 0 Å². The lowest BCUT2D eigenvalue weighted by Crippen LogP contribution is -2.27. The van der Waals surface area contributed by atoms with Crippen LogP contribution in [0, 0.1) is 0 Å². The number of nitrogens with one attached hydrogen (secondary N) is 2. The second-order valence-electron chi connectivity index (χ2n) is 6.96. The summed E-state index contributed by atoms with van der Waals surface area (Å²) in [5, 5.41) is 5.44. The second kappa shape index (κ2) is 9.93. The van der Waals surface area contributed by atoms with E-state index in [4.69, 9.17) is 0 Å². The molecule has 0 aromatic heterocycles. The lowest BCUT2D eigenvalue weighted by molar-refractivity contribution is -0.137. The first-order chi connectivity index (χ1) is 14.8. The van der Waals surface area contributed by atoms with Gasteiger partial charge in [-0.05, 0) is 35.7 Å². The Hall–Kier alpha value is -3.61. The van der Waals surface area contributed by atoms with E-state index in [9.17, 15) is 22.8 Å². The third-order valence-electron chi connectivity index (χ3n) is 4.61. The highest BCUT2D eigenvalue weighted by molar-refractivity contribution is 6.04. The van der Waals surface area contributed by atoms with Crippen LogP contribution in [0.25, 0.3) is 0 Å². The Labute approximate surface area is 178 Å². The van der Waals surface area contributed by atoms with Crippen molar-refractivity contribution in [2.45, 2.75) is 19.0 Å². The standard InChI is InChI=1S/C24H21F3N2O2/c25-24(26,27)19-10-6-9-18(15-19)16-22(30)29-21-12-5-4-11-20(21)23(31)28-14-13-17-7-2-1-3-8-17/h1-12,15H,13-14,16H2,(H,28,31)(H,29,30). The topological polar surface area (TPSA) is 58.2 Å². The molecule has 4 nitrogen and oxygen atoms in total. The molecule has 3 aromatic carbocycles. The molecule has 0 radical (unpaired) electrons. The molecule has 3 aromatic rings. The monoisotopic (exact) mass is 426 g/mol. The van der Waals surface area contributed by atoms with Crippen molar-refractivity contribution in [1.82, 2.24) is 5.32 Å². The molecule has 160 valence electrons. The minimum absolute atomic E-state index is 0.233. The summed E-state index contributed by atoms with van der Waals surface area (Å²) < 4.78 is 38.6. The van der Waals surface area contributed by atoms with E-state index in [1.807, 2.05) is 30.3 Å². The summed E-state index contributed by atoms with van der Waals surface area (Å²) >= 11 is 0. The van der Waals surface area contributed by atoms with Crippen LogP contribution in [0.1, 0.15) is 27.0 Å². The van der Waals surface area contributed by atoms with E-state index >= 15 is 0 Å². The number of carbonyl (C=O) groups excluding carboxylic acids is 2. The molecule has 0 bridgehead atoms. The summed E-state index contributed by atoms with van der Waals surface area (Å²) in [6, 6.07) is 20.8. The van der Waals surface area contributed by atoms with Gasteiger partial charge in [0.1, 0.15) is 0 Å². The van der Waals surface area contributed by atoms with Gasteiger partial charge < -0.3 is 10.6 Å². The minimum atomic E-state index is -4.48. The number of anilines is 1. The quantitative estimate of drug-likeness (QED) is 0.567. The van der Waals surface area contributed by atoms with Crippen LogP contribution in [0.2, 0.25) is 0 Å². The summed E-state index contributed by atoms with van der Waals surface area (Å²) in [4.78, 5) is 25.0. The first-order valence-electron chi connectivity index (χ1n) is 9.70. The molecule has 0 atom stereocenters. The average molecular weight is 426 g/mol. The summed E-state index contributed by atoms with van der Waals surface area (Å²) in [6.45, 7) is 0.426. The summed E-state index contributed by atoms with van der Waals surface area (Å²) in [6.07, 6.45) is -4.05. The molecule has 3 rings (SSSR count). The fourth-order valence-corrected chi connectivity index (χ4v) is 3.09. The third kappa shape index (κ3) is 6.44. The maximum absolute atomic E-state index is 12.9. The van der Waals surface area contributed by atoms with E-state index in [-0.39, 0.29) is 23.5 Å². The molecule has 31 heavy (non-hydrogen) atoms. The van der Waals surface area contributed by atoms with E-state index in [1.54, 1.807) is 24.3 Å². The van der Waals surface area contributed by atoms with E-state index < -0.39 is 17.6 Å². The number of carbonyl (C=O) groups is 2. The van der Waals surface area contributed by atoms with Crippen molar-refractivity contribution in [3.8, 4) is 0 Å². The number of halogens is 3. The second-order valence-corrected chi connectivity index (χ2v) is 6.96. The molecule has 7 heteroatoms. The lowest BCUT2D eigenvalue weighted by Gasteiger charge is -2.12. The zero-order chi connectivity index (χ0) is 22.3. The summed E-state index contributed by atoms with van der Waals surface area (Å²) in [7, 11) is 0. The van der Waals surface area contributed by atoms with Crippen LogP contribution in [0.3, 0.4) is 0 Å². The highest BCUT2D eigenvalue weighted by Crippen LogP contribution is 2.29. The van der Waals surface area contributed by atoms with Crippen molar-refractivity contribution in [3.05, 3.63) is 101 Å². The van der Waals surface area contributed by atoms with E-state index in [1.165, 1.54) is 12.1 Å². The lowest BCUT2D eigenvalue weighted by atomic mass is 10.1. The van der Waals surface area contributed by atoms with E-state index in [0.717, 1.165) is 17.7 Å². The average Bonchev–Trinajstić information content (AvgIpc) is 2.74. The molecule has 0 aliphatic rings. The van der Waals surface area contributed by atoms with Crippen molar-refractivity contribution in [1.29, 1.82) is 0 Å². The Kier molecular flexibility index (Phi) is 7.07. The minimum Gasteiger partial charge on any atom is -0.352 e. The van der Waals surface area contributed by atoms with Gasteiger partial charge in [-0.15, -0.1) is 0 Å². The van der Waals surface area contributed by atoms with Gasteiger partial charge in [-0.25, -0.2) is 0 Å². The van der Waals surface area contributed by atoms with E-state index in [2.05, 4.69) is 10.6 Å². The van der Waals surface area contributed by atoms with Crippen molar-refractivity contribution in [2.75, 3.05) is 11.9 Å². The van der Waals surface area contributed by atoms with Gasteiger partial charge >= 0.3 is 6.18 Å². The maximum Gasteiger partial charge on any atom is 0.416 e. The molecule has 0 saturated carbocycles. The maximum atomic E-state index is 12.9. The van der Waals surface area contributed by atoms with Crippen molar-refractivity contribution in [3.63, 3.8) is 0 Å². The number of para-hydroxylation sites is 1. The van der Waals surface area contributed by atoms with Gasteiger partial charge in [0.25, 0.3) is 5.91 Å². The molecule has 0 fully saturated rings. The van der Waals surface area contributed by atoms with Crippen LogP contribution in [-0.4, -0.2) is 18.4 Å². The normalized spacial score (nSPS) is 11.1.